The third-order valence-electron chi connectivity index (χ3n) is 5.57. The molecule has 0 spiro atoms. The van der Waals surface area contributed by atoms with Crippen LogP contribution in [0.5, 0.6) is 0 Å². The highest BCUT2D eigenvalue weighted by molar-refractivity contribution is 5.94. The molecular weight excluding hydrogens is 441 g/mol. The summed E-state index contributed by atoms with van der Waals surface area (Å²) in [6.45, 7) is 6.43. The van der Waals surface area contributed by atoms with Crippen molar-refractivity contribution in [1.29, 1.82) is 0 Å². The van der Waals surface area contributed by atoms with Gasteiger partial charge in [-0.3, -0.25) is 19.3 Å². The second-order valence-corrected chi connectivity index (χ2v) is 8.98. The molecule has 2 aliphatic rings. The van der Waals surface area contributed by atoms with Crippen LogP contribution < -0.4 is 5.73 Å². The Bertz CT molecular complexity index is 937. The molecule has 0 aromatic carbocycles. The van der Waals surface area contributed by atoms with Gasteiger partial charge in [-0.1, -0.05) is 20.8 Å². The van der Waals surface area contributed by atoms with E-state index in [-0.39, 0.29) is 30.7 Å². The Labute approximate surface area is 179 Å². The van der Waals surface area contributed by atoms with Crippen molar-refractivity contribution in [2.75, 3.05) is 13.1 Å². The SMILES string of the molecule is CC(C)(C)c1oc(C(N)=O)cc1CN1C[C@@]2(C(=O)O)C[C@@]2(C(=O)O)C1.O=C(O)C(F)(F)F. The predicted molar refractivity (Wildman–Crippen MR) is 99.6 cm³/mol. The number of hydrogen-bond acceptors (Lipinski definition) is 6. The summed E-state index contributed by atoms with van der Waals surface area (Å²) in [6.07, 6.45) is -4.93. The fourth-order valence-electron chi connectivity index (χ4n) is 4.06. The molecule has 1 saturated heterocycles. The molecule has 1 aliphatic heterocycles. The number of aliphatic carboxylic acids is 3. The summed E-state index contributed by atoms with van der Waals surface area (Å²) in [4.78, 5) is 45.4. The van der Waals surface area contributed by atoms with E-state index >= 15 is 0 Å². The van der Waals surface area contributed by atoms with Gasteiger partial charge in [-0.2, -0.15) is 13.2 Å². The topological polar surface area (TPSA) is 171 Å². The number of primary amides is 1. The van der Waals surface area contributed by atoms with Crippen LogP contribution in [0.25, 0.3) is 0 Å². The molecule has 5 N–H and O–H groups in total. The van der Waals surface area contributed by atoms with Gasteiger partial charge in [-0.15, -0.1) is 0 Å². The standard InChI is InChI=1S/C17H22N2O6.C2HF3O2/c1-15(2,3)11-9(4-10(25-11)12(18)20)5-19-7-16(13(21)22)6-17(16,8-19)14(23)24;3-2(4,5)1(6)7/h4H,5-8H2,1-3H3,(H2,18,20)(H,21,22)(H,23,24);(H,6,7)/t16-,17+;. The highest BCUT2D eigenvalue weighted by Crippen LogP contribution is 2.68. The number of amides is 1. The lowest BCUT2D eigenvalue weighted by Crippen LogP contribution is -2.29. The summed E-state index contributed by atoms with van der Waals surface area (Å²) in [5.41, 5.74) is 3.20. The molecule has 0 radical (unpaired) electrons. The average Bonchev–Trinajstić information content (AvgIpc) is 2.94. The zero-order chi connectivity index (χ0) is 24.9. The van der Waals surface area contributed by atoms with Crippen LogP contribution >= 0.6 is 0 Å². The second-order valence-electron chi connectivity index (χ2n) is 8.98. The van der Waals surface area contributed by atoms with Crippen LogP contribution in [0.3, 0.4) is 0 Å². The Hall–Kier alpha value is -3.09. The van der Waals surface area contributed by atoms with Gasteiger partial charge in [0, 0.05) is 30.6 Å². The van der Waals surface area contributed by atoms with E-state index in [1.165, 1.54) is 0 Å². The third kappa shape index (κ3) is 4.42. The first-order chi connectivity index (χ1) is 14.4. The summed E-state index contributed by atoms with van der Waals surface area (Å²) in [6, 6.07) is 1.56. The molecular formula is C19H23F3N2O8. The maximum atomic E-state index is 11.6. The summed E-state index contributed by atoms with van der Waals surface area (Å²) >= 11 is 0. The highest BCUT2D eigenvalue weighted by Gasteiger charge is 2.80. The van der Waals surface area contributed by atoms with Gasteiger partial charge < -0.3 is 25.5 Å². The first-order valence-electron chi connectivity index (χ1n) is 9.29. The maximum Gasteiger partial charge on any atom is 0.490 e. The minimum Gasteiger partial charge on any atom is -0.481 e. The third-order valence-corrected chi connectivity index (χ3v) is 5.57. The van der Waals surface area contributed by atoms with Crippen LogP contribution in [-0.2, 0) is 26.3 Å². The molecule has 32 heavy (non-hydrogen) atoms. The van der Waals surface area contributed by atoms with Crippen LogP contribution in [-0.4, -0.2) is 63.3 Å². The molecule has 2 atom stereocenters. The van der Waals surface area contributed by atoms with Gasteiger partial charge >= 0.3 is 24.1 Å². The number of alkyl halides is 3. The van der Waals surface area contributed by atoms with E-state index in [1.54, 1.807) is 11.0 Å². The Balaban J connectivity index is 0.000000451. The van der Waals surface area contributed by atoms with Crippen molar-refractivity contribution in [3.05, 3.63) is 23.2 Å². The molecule has 178 valence electrons. The van der Waals surface area contributed by atoms with Gasteiger partial charge in [0.25, 0.3) is 5.91 Å². The minimum absolute atomic E-state index is 0.0465. The lowest BCUT2D eigenvalue weighted by molar-refractivity contribution is -0.192. The Kier molecular flexibility index (Phi) is 6.13. The summed E-state index contributed by atoms with van der Waals surface area (Å²) in [5, 5.41) is 26.1. The molecule has 1 aromatic rings. The largest absolute Gasteiger partial charge is 0.490 e. The maximum absolute atomic E-state index is 11.6. The van der Waals surface area contributed by atoms with Crippen molar-refractivity contribution >= 4 is 23.8 Å². The number of carbonyl (C=O) groups is 4. The van der Waals surface area contributed by atoms with E-state index in [1.807, 2.05) is 20.8 Å². The molecule has 0 bridgehead atoms. The van der Waals surface area contributed by atoms with Gasteiger partial charge in [0.05, 0.1) is 10.8 Å². The molecule has 2 heterocycles. The van der Waals surface area contributed by atoms with Crippen LogP contribution in [0.4, 0.5) is 13.2 Å². The number of furan rings is 1. The molecule has 0 unspecified atom stereocenters. The van der Waals surface area contributed by atoms with Crippen LogP contribution in [0, 0.1) is 10.8 Å². The number of nitrogens with two attached hydrogens (primary N) is 1. The van der Waals surface area contributed by atoms with Gasteiger partial charge in [-0.25, -0.2) is 4.79 Å². The number of piperidine rings is 1. The fraction of sp³-hybridized carbons (Fsp3) is 0.579. The van der Waals surface area contributed by atoms with Crippen molar-refractivity contribution in [3.63, 3.8) is 0 Å². The monoisotopic (exact) mass is 464 g/mol. The summed E-state index contributed by atoms with van der Waals surface area (Å²) in [5.74, 6) is -4.93. The Morgan fingerprint density at radius 1 is 1.06 bits per heavy atom. The normalized spacial score (nSPS) is 24.8. The molecule has 3 rings (SSSR count). The quantitative estimate of drug-likeness (QED) is 0.506. The average molecular weight is 464 g/mol. The number of nitrogens with zero attached hydrogens (tertiary/aromatic N) is 1. The number of carbonyl (C=O) groups excluding carboxylic acids is 1. The van der Waals surface area contributed by atoms with Gasteiger partial charge in [0.15, 0.2) is 5.76 Å². The Morgan fingerprint density at radius 3 is 1.81 bits per heavy atom. The van der Waals surface area contributed by atoms with Crippen LogP contribution in [0.15, 0.2) is 10.5 Å². The van der Waals surface area contributed by atoms with Crippen molar-refractivity contribution in [2.24, 2.45) is 16.6 Å². The number of hydrogen-bond donors (Lipinski definition) is 4. The van der Waals surface area contributed by atoms with E-state index in [0.29, 0.717) is 12.3 Å². The van der Waals surface area contributed by atoms with Gasteiger partial charge in [0.2, 0.25) is 0 Å². The van der Waals surface area contributed by atoms with E-state index < -0.39 is 40.8 Å². The summed E-state index contributed by atoms with van der Waals surface area (Å²) in [7, 11) is 0. The minimum atomic E-state index is -5.08. The molecule has 1 aliphatic carbocycles. The van der Waals surface area contributed by atoms with Gasteiger partial charge in [-0.05, 0) is 12.5 Å². The van der Waals surface area contributed by atoms with E-state index in [0.717, 1.165) is 5.56 Å². The number of fused-ring (bicyclic) bond motifs is 1. The van der Waals surface area contributed by atoms with Gasteiger partial charge in [0.1, 0.15) is 5.76 Å². The number of carboxylic acid groups (broad SMARTS) is 3. The van der Waals surface area contributed by atoms with E-state index in [9.17, 15) is 37.8 Å². The van der Waals surface area contributed by atoms with Crippen molar-refractivity contribution in [3.8, 4) is 0 Å². The zero-order valence-electron chi connectivity index (χ0n) is 17.4. The molecule has 1 amide bonds. The van der Waals surface area contributed by atoms with E-state index in [4.69, 9.17) is 20.1 Å². The first kappa shape index (κ1) is 25.2. The fourth-order valence-corrected chi connectivity index (χ4v) is 4.06. The number of rotatable bonds is 5. The molecule has 10 nitrogen and oxygen atoms in total. The zero-order valence-corrected chi connectivity index (χ0v) is 17.4. The number of carboxylic acids is 3. The van der Waals surface area contributed by atoms with Crippen LogP contribution in [0.2, 0.25) is 0 Å². The molecule has 1 aromatic heterocycles. The van der Waals surface area contributed by atoms with Crippen LogP contribution in [0.1, 0.15) is 49.1 Å². The molecule has 2 fully saturated rings. The summed E-state index contributed by atoms with van der Waals surface area (Å²) < 4.78 is 37.3. The predicted octanol–water partition coefficient (Wildman–Crippen LogP) is 1.67. The van der Waals surface area contributed by atoms with Crippen molar-refractivity contribution in [2.45, 2.75) is 45.3 Å². The van der Waals surface area contributed by atoms with Crippen molar-refractivity contribution < 1.29 is 52.1 Å². The first-order valence-corrected chi connectivity index (χ1v) is 9.29. The number of halogens is 3. The molecule has 13 heteroatoms. The molecule has 1 saturated carbocycles. The highest BCUT2D eigenvalue weighted by atomic mass is 19.4. The second kappa shape index (κ2) is 7.80. The van der Waals surface area contributed by atoms with Crippen molar-refractivity contribution in [1.82, 2.24) is 4.90 Å². The van der Waals surface area contributed by atoms with E-state index in [2.05, 4.69) is 0 Å². The lowest BCUT2D eigenvalue weighted by Gasteiger charge is -2.22. The Morgan fingerprint density at radius 2 is 1.50 bits per heavy atom. The smallest absolute Gasteiger partial charge is 0.481 e. The lowest BCUT2D eigenvalue weighted by atomic mass is 9.90. The number of likely N-dealkylation sites (tertiary alicyclic amines) is 1.